The third kappa shape index (κ3) is 7.85. The van der Waals surface area contributed by atoms with E-state index in [1.165, 1.54) is 7.11 Å². The normalized spacial score (nSPS) is 11.0. The molecule has 0 aliphatic rings. The fourth-order valence-corrected chi connectivity index (χ4v) is 2.31. The SMILES string of the molecule is CN=C(NCCCCCCC(=O)OC)NCc1ccccc1OC. The first-order chi connectivity index (χ1) is 11.7. The fraction of sp³-hybridized carbons (Fsp3) is 0.556. The highest BCUT2D eigenvalue weighted by atomic mass is 16.5. The number of ether oxygens (including phenoxy) is 2. The molecule has 0 heterocycles. The number of nitrogens with zero attached hydrogens (tertiary/aromatic N) is 1. The number of carbonyl (C=O) groups is 1. The van der Waals surface area contributed by atoms with Crippen LogP contribution in [-0.4, -0.2) is 39.7 Å². The van der Waals surface area contributed by atoms with Crippen LogP contribution in [0.5, 0.6) is 5.75 Å². The van der Waals surface area contributed by atoms with Crippen molar-refractivity contribution in [3.63, 3.8) is 0 Å². The van der Waals surface area contributed by atoms with Crippen LogP contribution in [0, 0.1) is 0 Å². The summed E-state index contributed by atoms with van der Waals surface area (Å²) in [5, 5.41) is 6.58. The highest BCUT2D eigenvalue weighted by Gasteiger charge is 2.03. The number of hydrogen-bond acceptors (Lipinski definition) is 4. The second kappa shape index (κ2) is 12.2. The molecular formula is C18H29N3O3. The summed E-state index contributed by atoms with van der Waals surface area (Å²) in [5.41, 5.74) is 1.09. The molecule has 24 heavy (non-hydrogen) atoms. The van der Waals surface area contributed by atoms with E-state index in [2.05, 4.69) is 20.4 Å². The van der Waals surface area contributed by atoms with Gasteiger partial charge < -0.3 is 20.1 Å². The Kier molecular flexibility index (Phi) is 10.1. The van der Waals surface area contributed by atoms with Crippen LogP contribution >= 0.6 is 0 Å². The molecule has 0 aliphatic heterocycles. The maximum absolute atomic E-state index is 11.0. The van der Waals surface area contributed by atoms with Crippen molar-refractivity contribution in [1.29, 1.82) is 0 Å². The number of benzene rings is 1. The summed E-state index contributed by atoms with van der Waals surface area (Å²) in [6.45, 7) is 1.51. The minimum atomic E-state index is -0.130. The number of carbonyl (C=O) groups excluding carboxylic acids is 1. The summed E-state index contributed by atoms with van der Waals surface area (Å²) in [5.74, 6) is 1.51. The first-order valence-corrected chi connectivity index (χ1v) is 8.34. The van der Waals surface area contributed by atoms with Crippen molar-refractivity contribution < 1.29 is 14.3 Å². The lowest BCUT2D eigenvalue weighted by Crippen LogP contribution is -2.37. The van der Waals surface area contributed by atoms with Gasteiger partial charge in [-0.15, -0.1) is 0 Å². The van der Waals surface area contributed by atoms with Gasteiger partial charge in [0.15, 0.2) is 5.96 Å². The Morgan fingerprint density at radius 3 is 2.54 bits per heavy atom. The van der Waals surface area contributed by atoms with Crippen molar-refractivity contribution in [3.8, 4) is 5.75 Å². The molecule has 0 bridgehead atoms. The van der Waals surface area contributed by atoms with Gasteiger partial charge in [0.05, 0.1) is 14.2 Å². The van der Waals surface area contributed by atoms with Gasteiger partial charge in [-0.3, -0.25) is 9.79 Å². The summed E-state index contributed by atoms with van der Waals surface area (Å²) in [6.07, 6.45) is 4.54. The molecule has 6 nitrogen and oxygen atoms in total. The van der Waals surface area contributed by atoms with E-state index in [1.807, 2.05) is 24.3 Å². The monoisotopic (exact) mass is 335 g/mol. The highest BCUT2D eigenvalue weighted by molar-refractivity contribution is 5.79. The van der Waals surface area contributed by atoms with Crippen LogP contribution < -0.4 is 15.4 Å². The number of hydrogen-bond donors (Lipinski definition) is 2. The van der Waals surface area contributed by atoms with Crippen molar-refractivity contribution >= 4 is 11.9 Å². The van der Waals surface area contributed by atoms with E-state index in [-0.39, 0.29) is 5.97 Å². The molecule has 0 aromatic heterocycles. The molecule has 0 fully saturated rings. The molecule has 0 radical (unpaired) electrons. The zero-order valence-corrected chi connectivity index (χ0v) is 14.9. The van der Waals surface area contributed by atoms with Crippen LogP contribution in [-0.2, 0) is 16.1 Å². The lowest BCUT2D eigenvalue weighted by molar-refractivity contribution is -0.140. The molecule has 2 N–H and O–H groups in total. The van der Waals surface area contributed by atoms with E-state index in [0.29, 0.717) is 13.0 Å². The van der Waals surface area contributed by atoms with Crippen LogP contribution in [0.2, 0.25) is 0 Å². The number of aliphatic imine (C=N–C) groups is 1. The van der Waals surface area contributed by atoms with E-state index in [1.54, 1.807) is 14.2 Å². The van der Waals surface area contributed by atoms with Gasteiger partial charge >= 0.3 is 5.97 Å². The van der Waals surface area contributed by atoms with Gasteiger partial charge in [-0.25, -0.2) is 0 Å². The summed E-state index contributed by atoms with van der Waals surface area (Å²) >= 11 is 0. The minimum absolute atomic E-state index is 0.130. The molecule has 1 aromatic rings. The van der Waals surface area contributed by atoms with Crippen LogP contribution in [0.3, 0.4) is 0 Å². The van der Waals surface area contributed by atoms with Gasteiger partial charge in [0.25, 0.3) is 0 Å². The smallest absolute Gasteiger partial charge is 0.305 e. The Bertz CT molecular complexity index is 518. The number of para-hydroxylation sites is 1. The molecular weight excluding hydrogens is 306 g/mol. The molecule has 1 aromatic carbocycles. The van der Waals surface area contributed by atoms with Gasteiger partial charge in [0.2, 0.25) is 0 Å². The van der Waals surface area contributed by atoms with E-state index in [9.17, 15) is 4.79 Å². The second-order valence-electron chi connectivity index (χ2n) is 5.40. The van der Waals surface area contributed by atoms with E-state index < -0.39 is 0 Å². The summed E-state index contributed by atoms with van der Waals surface area (Å²) in [6, 6.07) is 7.92. The Balaban J connectivity index is 2.18. The molecule has 6 heteroatoms. The largest absolute Gasteiger partial charge is 0.496 e. The van der Waals surface area contributed by atoms with Crippen LogP contribution in [0.4, 0.5) is 0 Å². The number of guanidine groups is 1. The third-order valence-electron chi connectivity index (χ3n) is 3.69. The predicted octanol–water partition coefficient (Wildman–Crippen LogP) is 2.48. The molecule has 134 valence electrons. The lowest BCUT2D eigenvalue weighted by atomic mass is 10.1. The Labute approximate surface area is 144 Å². The maximum atomic E-state index is 11.0. The van der Waals surface area contributed by atoms with Crippen LogP contribution in [0.15, 0.2) is 29.3 Å². The molecule has 0 atom stereocenters. The van der Waals surface area contributed by atoms with E-state index in [0.717, 1.165) is 49.5 Å². The minimum Gasteiger partial charge on any atom is -0.496 e. The lowest BCUT2D eigenvalue weighted by Gasteiger charge is -2.13. The number of methoxy groups -OCH3 is 2. The third-order valence-corrected chi connectivity index (χ3v) is 3.69. The molecule has 0 unspecified atom stereocenters. The summed E-state index contributed by atoms with van der Waals surface area (Å²) < 4.78 is 9.96. The maximum Gasteiger partial charge on any atom is 0.305 e. The average Bonchev–Trinajstić information content (AvgIpc) is 2.63. The van der Waals surface area contributed by atoms with Crippen molar-refractivity contribution in [1.82, 2.24) is 10.6 Å². The standard InChI is InChI=1S/C18H29N3O3/c1-19-18(20-13-9-5-4-6-12-17(22)24-3)21-14-15-10-7-8-11-16(15)23-2/h7-8,10-11H,4-6,9,12-14H2,1-3H3,(H2,19,20,21). The van der Waals surface area contributed by atoms with Crippen molar-refractivity contribution in [2.45, 2.75) is 38.6 Å². The zero-order valence-electron chi connectivity index (χ0n) is 14.9. The van der Waals surface area contributed by atoms with Crippen molar-refractivity contribution in [3.05, 3.63) is 29.8 Å². The number of nitrogens with one attached hydrogen (secondary N) is 2. The Morgan fingerprint density at radius 2 is 1.83 bits per heavy atom. The first kappa shape index (κ1) is 19.8. The topological polar surface area (TPSA) is 72.0 Å². The molecule has 1 rings (SSSR count). The predicted molar refractivity (Wildman–Crippen MR) is 96.3 cm³/mol. The van der Waals surface area contributed by atoms with Gasteiger partial charge in [-0.05, 0) is 18.9 Å². The average molecular weight is 335 g/mol. The van der Waals surface area contributed by atoms with Gasteiger partial charge in [-0.2, -0.15) is 0 Å². The van der Waals surface area contributed by atoms with Crippen molar-refractivity contribution in [2.24, 2.45) is 4.99 Å². The molecule has 0 amide bonds. The zero-order chi connectivity index (χ0) is 17.6. The summed E-state index contributed by atoms with van der Waals surface area (Å²) in [7, 11) is 4.86. The number of esters is 1. The van der Waals surface area contributed by atoms with Gasteiger partial charge in [0, 0.05) is 32.1 Å². The van der Waals surface area contributed by atoms with Crippen molar-refractivity contribution in [2.75, 3.05) is 27.8 Å². The van der Waals surface area contributed by atoms with Crippen LogP contribution in [0.1, 0.15) is 37.7 Å². The first-order valence-electron chi connectivity index (χ1n) is 8.34. The number of unbranched alkanes of at least 4 members (excludes halogenated alkanes) is 3. The molecule has 0 aliphatic carbocycles. The molecule has 0 spiro atoms. The summed E-state index contributed by atoms with van der Waals surface area (Å²) in [4.78, 5) is 15.2. The number of rotatable bonds is 10. The fourth-order valence-electron chi connectivity index (χ4n) is 2.31. The Morgan fingerprint density at radius 1 is 1.08 bits per heavy atom. The highest BCUT2D eigenvalue weighted by Crippen LogP contribution is 2.16. The van der Waals surface area contributed by atoms with Gasteiger partial charge in [0.1, 0.15) is 5.75 Å². The Hall–Kier alpha value is -2.24. The van der Waals surface area contributed by atoms with E-state index in [4.69, 9.17) is 4.74 Å². The van der Waals surface area contributed by atoms with E-state index >= 15 is 0 Å². The van der Waals surface area contributed by atoms with Gasteiger partial charge in [-0.1, -0.05) is 31.0 Å². The molecule has 0 saturated carbocycles. The molecule has 0 saturated heterocycles. The quantitative estimate of drug-likeness (QED) is 0.297. The second-order valence-corrected chi connectivity index (χ2v) is 5.40. The van der Waals surface area contributed by atoms with Crippen LogP contribution in [0.25, 0.3) is 0 Å².